The molecule has 0 aliphatic carbocycles. The van der Waals surface area contributed by atoms with Gasteiger partial charge in [0.1, 0.15) is 12.7 Å². The van der Waals surface area contributed by atoms with Crippen LogP contribution in [0.25, 0.3) is 0 Å². The SMILES string of the molecule is O=C(OC[C@H]1O[C@@H](N2C=CC(NCc3ccccc3)=CC2)[C@H](OC(=O)c2ccccc2)[C@@H]1OC(=O)c1ccccc1)c1ccccc1. The maximum Gasteiger partial charge on any atom is 0.338 e. The van der Waals surface area contributed by atoms with Crippen molar-refractivity contribution in [2.75, 3.05) is 13.2 Å². The topological polar surface area (TPSA) is 103 Å². The lowest BCUT2D eigenvalue weighted by molar-refractivity contribution is -0.0830. The Morgan fingerprint density at radius 1 is 0.681 bits per heavy atom. The van der Waals surface area contributed by atoms with Crippen molar-refractivity contribution in [3.05, 3.63) is 168 Å². The minimum absolute atomic E-state index is 0.242. The molecular weight excluding hydrogens is 596 g/mol. The molecule has 4 aromatic rings. The van der Waals surface area contributed by atoms with Crippen LogP contribution in [0, 0.1) is 0 Å². The first-order valence-electron chi connectivity index (χ1n) is 15.4. The highest BCUT2D eigenvalue weighted by molar-refractivity contribution is 5.91. The van der Waals surface area contributed by atoms with E-state index in [1.54, 1.807) is 91.0 Å². The number of carbonyl (C=O) groups is 3. The van der Waals surface area contributed by atoms with E-state index in [-0.39, 0.29) is 6.61 Å². The molecule has 4 atom stereocenters. The van der Waals surface area contributed by atoms with Crippen molar-refractivity contribution >= 4 is 17.9 Å². The first-order valence-corrected chi connectivity index (χ1v) is 15.4. The van der Waals surface area contributed by atoms with Crippen molar-refractivity contribution in [3.63, 3.8) is 0 Å². The Labute approximate surface area is 273 Å². The van der Waals surface area contributed by atoms with E-state index in [4.69, 9.17) is 18.9 Å². The van der Waals surface area contributed by atoms with Crippen molar-refractivity contribution in [2.24, 2.45) is 0 Å². The van der Waals surface area contributed by atoms with E-state index in [9.17, 15) is 14.4 Å². The molecule has 9 nitrogen and oxygen atoms in total. The molecule has 0 saturated carbocycles. The van der Waals surface area contributed by atoms with E-state index in [1.807, 2.05) is 53.6 Å². The monoisotopic (exact) mass is 630 g/mol. The third-order valence-electron chi connectivity index (χ3n) is 7.81. The first-order chi connectivity index (χ1) is 23.0. The van der Waals surface area contributed by atoms with Crippen LogP contribution in [0.2, 0.25) is 0 Å². The highest BCUT2D eigenvalue weighted by atomic mass is 16.7. The Morgan fingerprint density at radius 3 is 1.72 bits per heavy atom. The number of hydrogen-bond donors (Lipinski definition) is 1. The molecule has 2 aliphatic rings. The molecule has 1 fully saturated rings. The van der Waals surface area contributed by atoms with Crippen LogP contribution in [0.1, 0.15) is 36.6 Å². The van der Waals surface area contributed by atoms with E-state index < -0.39 is 42.4 Å². The summed E-state index contributed by atoms with van der Waals surface area (Å²) in [4.78, 5) is 41.5. The number of esters is 3. The number of ether oxygens (including phenoxy) is 4. The fourth-order valence-electron chi connectivity index (χ4n) is 5.35. The zero-order valence-corrected chi connectivity index (χ0v) is 25.5. The van der Waals surface area contributed by atoms with Gasteiger partial charge in [-0.1, -0.05) is 84.9 Å². The average molecular weight is 631 g/mol. The van der Waals surface area contributed by atoms with E-state index in [0.29, 0.717) is 29.8 Å². The summed E-state index contributed by atoms with van der Waals surface area (Å²) in [6.45, 7) is 0.821. The number of benzene rings is 4. The largest absolute Gasteiger partial charge is 0.459 e. The summed E-state index contributed by atoms with van der Waals surface area (Å²) < 4.78 is 24.2. The van der Waals surface area contributed by atoms with Crippen molar-refractivity contribution in [1.82, 2.24) is 10.2 Å². The Kier molecular flexibility index (Phi) is 10.0. The summed E-state index contributed by atoms with van der Waals surface area (Å²) in [6.07, 6.45) is 1.78. The lowest BCUT2D eigenvalue weighted by Crippen LogP contribution is -2.46. The molecule has 0 unspecified atom stereocenters. The molecule has 0 aromatic heterocycles. The molecule has 0 radical (unpaired) electrons. The van der Waals surface area contributed by atoms with Gasteiger partial charge in [0.05, 0.1) is 16.7 Å². The van der Waals surface area contributed by atoms with Crippen molar-refractivity contribution in [2.45, 2.75) is 31.1 Å². The standard InChI is InChI=1S/C38H34N2O7/c41-36(28-15-7-2-8-16-28)44-26-32-33(46-37(42)29-17-9-3-10-18-29)34(47-38(43)30-19-11-4-12-20-30)35(45-32)40-23-21-31(22-24-40)39-25-27-13-5-1-6-14-27/h1-23,32-35,39H,24-26H2/t32-,33-,34-,35-/m1/s1. The molecular formula is C38H34N2O7. The third-order valence-corrected chi connectivity index (χ3v) is 7.81. The van der Waals surface area contributed by atoms with E-state index in [2.05, 4.69) is 5.32 Å². The lowest BCUT2D eigenvalue weighted by Gasteiger charge is -2.32. The van der Waals surface area contributed by atoms with Crippen LogP contribution < -0.4 is 5.32 Å². The van der Waals surface area contributed by atoms with Crippen LogP contribution in [0.3, 0.4) is 0 Å². The number of rotatable bonds is 11. The number of nitrogens with one attached hydrogen (secondary N) is 1. The number of allylic oxidation sites excluding steroid dienone is 1. The summed E-state index contributed by atoms with van der Waals surface area (Å²) in [5.41, 5.74) is 3.08. The second-order valence-electron chi connectivity index (χ2n) is 11.0. The summed E-state index contributed by atoms with van der Waals surface area (Å²) in [7, 11) is 0. The van der Waals surface area contributed by atoms with Crippen LogP contribution in [-0.2, 0) is 25.5 Å². The van der Waals surface area contributed by atoms with Gasteiger partial charge in [-0.15, -0.1) is 0 Å². The van der Waals surface area contributed by atoms with Gasteiger partial charge in [0.2, 0.25) is 0 Å². The maximum absolute atomic E-state index is 13.4. The Bertz CT molecular complexity index is 1710. The fourth-order valence-corrected chi connectivity index (χ4v) is 5.35. The molecule has 47 heavy (non-hydrogen) atoms. The minimum Gasteiger partial charge on any atom is -0.459 e. The van der Waals surface area contributed by atoms with Gasteiger partial charge >= 0.3 is 17.9 Å². The normalized spacial score (nSPS) is 20.2. The van der Waals surface area contributed by atoms with Gasteiger partial charge in [-0.25, -0.2) is 14.4 Å². The second-order valence-corrected chi connectivity index (χ2v) is 11.0. The molecule has 1 N–H and O–H groups in total. The third kappa shape index (κ3) is 7.95. The summed E-state index contributed by atoms with van der Waals surface area (Å²) in [5.74, 6) is -1.78. The van der Waals surface area contributed by atoms with E-state index >= 15 is 0 Å². The predicted octanol–water partition coefficient (Wildman–Crippen LogP) is 5.52. The highest BCUT2D eigenvalue weighted by Crippen LogP contribution is 2.32. The van der Waals surface area contributed by atoms with Crippen LogP contribution in [0.15, 0.2) is 145 Å². The molecule has 9 heteroatoms. The van der Waals surface area contributed by atoms with Crippen molar-refractivity contribution < 1.29 is 33.3 Å². The second kappa shape index (κ2) is 15.1. The van der Waals surface area contributed by atoms with Gasteiger partial charge in [0.15, 0.2) is 18.4 Å². The minimum atomic E-state index is -1.10. The molecule has 0 spiro atoms. The van der Waals surface area contributed by atoms with Gasteiger partial charge in [-0.05, 0) is 54.1 Å². The highest BCUT2D eigenvalue weighted by Gasteiger charge is 2.52. The summed E-state index contributed by atoms with van der Waals surface area (Å²) in [5, 5.41) is 3.42. The van der Waals surface area contributed by atoms with Gasteiger partial charge in [-0.2, -0.15) is 0 Å². The number of hydrogen-bond acceptors (Lipinski definition) is 9. The van der Waals surface area contributed by atoms with Crippen molar-refractivity contribution in [1.29, 1.82) is 0 Å². The lowest BCUT2D eigenvalue weighted by atomic mass is 10.1. The van der Waals surface area contributed by atoms with E-state index in [1.165, 1.54) is 0 Å². The van der Waals surface area contributed by atoms with Crippen molar-refractivity contribution in [3.8, 4) is 0 Å². The van der Waals surface area contributed by atoms with Gasteiger partial charge in [0.25, 0.3) is 0 Å². The average Bonchev–Trinajstić information content (AvgIpc) is 3.47. The van der Waals surface area contributed by atoms with Crippen LogP contribution in [-0.4, -0.2) is 60.5 Å². The molecule has 238 valence electrons. The van der Waals surface area contributed by atoms with E-state index in [0.717, 1.165) is 11.3 Å². The molecule has 2 aliphatic heterocycles. The van der Waals surface area contributed by atoms with Crippen LogP contribution >= 0.6 is 0 Å². The zero-order valence-electron chi connectivity index (χ0n) is 25.5. The molecule has 4 aromatic carbocycles. The molecule has 0 amide bonds. The Balaban J connectivity index is 1.25. The van der Waals surface area contributed by atoms with Gasteiger partial charge < -0.3 is 29.2 Å². The van der Waals surface area contributed by atoms with Gasteiger partial charge in [0, 0.05) is 25.0 Å². The number of nitrogens with zero attached hydrogens (tertiary/aromatic N) is 1. The molecule has 2 heterocycles. The molecule has 1 saturated heterocycles. The quantitative estimate of drug-likeness (QED) is 0.169. The van der Waals surface area contributed by atoms with Gasteiger partial charge in [-0.3, -0.25) is 0 Å². The Morgan fingerprint density at radius 2 is 1.19 bits per heavy atom. The summed E-state index contributed by atoms with van der Waals surface area (Å²) >= 11 is 0. The maximum atomic E-state index is 13.4. The molecule has 0 bridgehead atoms. The smallest absolute Gasteiger partial charge is 0.338 e. The summed E-state index contributed by atoms with van der Waals surface area (Å²) in [6, 6.07) is 35.7. The van der Waals surface area contributed by atoms with Crippen LogP contribution in [0.5, 0.6) is 0 Å². The first kappa shape index (κ1) is 31.3. The molecule has 6 rings (SSSR count). The predicted molar refractivity (Wildman–Crippen MR) is 174 cm³/mol. The fraction of sp³-hybridized carbons (Fsp3) is 0.184. The number of carbonyl (C=O) groups excluding carboxylic acids is 3. The Hall–Kier alpha value is -5.67. The zero-order chi connectivity index (χ0) is 32.4. The van der Waals surface area contributed by atoms with Crippen LogP contribution in [0.4, 0.5) is 0 Å².